The number of rotatable bonds is 16. The summed E-state index contributed by atoms with van der Waals surface area (Å²) in [5.41, 5.74) is 33.9. The van der Waals surface area contributed by atoms with Crippen LogP contribution in [0.3, 0.4) is 0 Å². The summed E-state index contributed by atoms with van der Waals surface area (Å²) in [4.78, 5) is 79.1. The number of carbonyl (C=O) groups excluding carboxylic acids is 4. The molecule has 0 atom stereocenters. The number of nitrogens with one attached hydrogen (secondary N) is 2. The first kappa shape index (κ1) is 57.3. The van der Waals surface area contributed by atoms with Crippen molar-refractivity contribution in [2.45, 2.75) is 80.1 Å². The molecule has 20 heteroatoms. The number of hydrogen-bond acceptors (Lipinski definition) is 12. The van der Waals surface area contributed by atoms with Gasteiger partial charge in [0.25, 0.3) is 0 Å². The molecule has 0 unspecified atom stereocenters. The number of aromatic amines is 2. The standard InChI is InChI=1S/C34H38N4O4.4C3H7NO2/c1-7-21-17(3)25-13-26-19(5)23(9-11-33(39)40)31(37-26)16-32-24(10-12-34(41)42)20(6)28(38-32)15-30-22(8-2)18(4)27(36-30)14-29(21)35-25;4*1-6-2-3(4)5/h13-16,35,38H,7-12H2,1-6H3,(H,39,40)(H,41,42);4*2H2,1H3,(H2,4,5). The largest absolute Gasteiger partial charge is 0.481 e. The lowest BCUT2D eigenvalue weighted by molar-refractivity contribution is -0.137. The number of hydrogen-bond donors (Lipinski definition) is 8. The van der Waals surface area contributed by atoms with E-state index in [0.29, 0.717) is 18.5 Å². The Labute approximate surface area is 384 Å². The third-order valence-electron chi connectivity index (χ3n) is 9.83. The highest BCUT2D eigenvalue weighted by Gasteiger charge is 2.21. The van der Waals surface area contributed by atoms with Gasteiger partial charge in [-0.2, -0.15) is 0 Å². The van der Waals surface area contributed by atoms with Gasteiger partial charge in [-0.05, 0) is 122 Å². The Bertz CT molecular complexity index is 2370. The number of nitrogens with zero attached hydrogens (tertiary/aromatic N) is 2. The molecule has 8 bridgehead atoms. The van der Waals surface area contributed by atoms with Gasteiger partial charge in [0.15, 0.2) is 0 Å². The van der Waals surface area contributed by atoms with E-state index in [0.717, 1.165) is 85.4 Å². The molecule has 2 aliphatic rings. The summed E-state index contributed by atoms with van der Waals surface area (Å²) in [5, 5.41) is 18.9. The minimum atomic E-state index is -0.864. The Morgan fingerprint density at radius 1 is 0.500 bits per heavy atom. The summed E-state index contributed by atoms with van der Waals surface area (Å²) in [5.74, 6) is -3.46. The zero-order chi connectivity index (χ0) is 50.3. The van der Waals surface area contributed by atoms with E-state index in [1.807, 2.05) is 26.0 Å². The SMILES string of the molecule is CCC1=C(C)c2cc3[nH]c(cc4nc(cc5[nH]c(cc1n2)c(C)c5CCC(=O)O)C(CCC(=O)O)=C4C)c(C)c3CC.COCC(N)=O.COCC(N)=O.COCC(N)=O.COCC(N)=O. The number of carbonyl (C=O) groups is 6. The van der Waals surface area contributed by atoms with Crippen LogP contribution in [-0.2, 0) is 60.6 Å². The zero-order valence-corrected chi connectivity index (χ0v) is 39.6. The van der Waals surface area contributed by atoms with Gasteiger partial charge in [0.1, 0.15) is 26.4 Å². The molecule has 5 heterocycles. The Morgan fingerprint density at radius 3 is 1.20 bits per heavy atom. The molecule has 3 aromatic rings. The number of carboxylic acids is 2. The van der Waals surface area contributed by atoms with E-state index in [9.17, 15) is 39.0 Å². The number of amides is 4. The second-order valence-corrected chi connectivity index (χ2v) is 14.8. The van der Waals surface area contributed by atoms with E-state index in [1.54, 1.807) is 0 Å². The fourth-order valence-corrected chi connectivity index (χ4v) is 6.79. The van der Waals surface area contributed by atoms with E-state index in [1.165, 1.54) is 39.6 Å². The minimum absolute atomic E-state index is 0.00162. The van der Waals surface area contributed by atoms with Crippen LogP contribution in [0.25, 0.3) is 44.4 Å². The quantitative estimate of drug-likeness (QED) is 0.100. The van der Waals surface area contributed by atoms with Crippen molar-refractivity contribution in [1.82, 2.24) is 19.9 Å². The number of aliphatic carboxylic acids is 2. The molecule has 0 aliphatic carbocycles. The number of nitrogens with two attached hydrogens (primary N) is 4. The maximum atomic E-state index is 11.5. The number of primary amides is 4. The molecule has 66 heavy (non-hydrogen) atoms. The Hall–Kier alpha value is -6.74. The van der Waals surface area contributed by atoms with Gasteiger partial charge in [-0.25, -0.2) is 9.97 Å². The molecule has 362 valence electrons. The van der Waals surface area contributed by atoms with Crippen LogP contribution in [0, 0.1) is 13.8 Å². The predicted octanol–water partition coefficient (Wildman–Crippen LogP) is 4.12. The molecule has 0 saturated carbocycles. The van der Waals surface area contributed by atoms with Gasteiger partial charge in [0.05, 0.1) is 22.8 Å². The first-order chi connectivity index (χ1) is 31.1. The topological polar surface area (TPSA) is 341 Å². The van der Waals surface area contributed by atoms with Gasteiger partial charge in [-0.3, -0.25) is 28.8 Å². The highest BCUT2D eigenvalue weighted by molar-refractivity contribution is 5.95. The van der Waals surface area contributed by atoms with Crippen LogP contribution in [0.1, 0.15) is 98.4 Å². The number of methoxy groups -OCH3 is 4. The number of aromatic nitrogens is 4. The van der Waals surface area contributed by atoms with Crippen molar-refractivity contribution < 1.29 is 57.9 Å². The van der Waals surface area contributed by atoms with Gasteiger partial charge in [0.2, 0.25) is 23.6 Å². The normalized spacial score (nSPS) is 11.4. The fraction of sp³-hybridized carbons (Fsp3) is 0.435. The van der Waals surface area contributed by atoms with Crippen LogP contribution >= 0.6 is 0 Å². The maximum Gasteiger partial charge on any atom is 0.303 e. The molecule has 12 N–H and O–H groups in total. The third kappa shape index (κ3) is 18.4. The summed E-state index contributed by atoms with van der Waals surface area (Å²) in [6, 6.07) is 8.19. The van der Waals surface area contributed by atoms with Crippen molar-refractivity contribution in [2.24, 2.45) is 22.9 Å². The minimum Gasteiger partial charge on any atom is -0.481 e. The molecule has 2 aliphatic heterocycles. The van der Waals surface area contributed by atoms with Crippen LogP contribution in [-0.4, -0.2) is 121 Å². The zero-order valence-electron chi connectivity index (χ0n) is 39.6. The third-order valence-corrected chi connectivity index (χ3v) is 9.83. The van der Waals surface area contributed by atoms with Crippen molar-refractivity contribution in [3.8, 4) is 0 Å². The molecule has 0 radical (unpaired) electrons. The van der Waals surface area contributed by atoms with Crippen LogP contribution in [0.5, 0.6) is 0 Å². The first-order valence-electron chi connectivity index (χ1n) is 20.8. The van der Waals surface area contributed by atoms with Gasteiger partial charge < -0.3 is 62.1 Å². The average molecular weight is 923 g/mol. The van der Waals surface area contributed by atoms with Crippen molar-refractivity contribution in [3.05, 3.63) is 69.3 Å². The highest BCUT2D eigenvalue weighted by atomic mass is 16.5. The number of fused-ring (bicyclic) bond motifs is 8. The molecule has 20 nitrogen and oxygen atoms in total. The van der Waals surface area contributed by atoms with E-state index in [-0.39, 0.29) is 39.3 Å². The van der Waals surface area contributed by atoms with E-state index < -0.39 is 35.6 Å². The molecule has 0 spiro atoms. The van der Waals surface area contributed by atoms with Gasteiger partial charge in [-0.1, -0.05) is 13.8 Å². The maximum absolute atomic E-state index is 11.5. The fourth-order valence-electron chi connectivity index (χ4n) is 6.79. The van der Waals surface area contributed by atoms with Gasteiger partial charge in [-0.15, -0.1) is 0 Å². The molecule has 4 amide bonds. The lowest BCUT2D eigenvalue weighted by Crippen LogP contribution is -2.16. The van der Waals surface area contributed by atoms with Gasteiger partial charge in [0, 0.05) is 63.3 Å². The molecule has 5 rings (SSSR count). The summed E-state index contributed by atoms with van der Waals surface area (Å²) in [6.07, 6.45) is 2.39. The van der Waals surface area contributed by atoms with E-state index >= 15 is 0 Å². The molecule has 0 saturated heterocycles. The smallest absolute Gasteiger partial charge is 0.303 e. The predicted molar refractivity (Wildman–Crippen MR) is 252 cm³/mol. The van der Waals surface area contributed by atoms with Crippen LogP contribution in [0.15, 0.2) is 24.3 Å². The molecule has 3 aromatic heterocycles. The van der Waals surface area contributed by atoms with Crippen molar-refractivity contribution in [1.29, 1.82) is 0 Å². The van der Waals surface area contributed by atoms with Gasteiger partial charge >= 0.3 is 11.9 Å². The van der Waals surface area contributed by atoms with E-state index in [2.05, 4.69) is 91.7 Å². The molecule has 0 fully saturated rings. The molecular formula is C46H66N8O12. The first-order valence-corrected chi connectivity index (χ1v) is 20.8. The van der Waals surface area contributed by atoms with Crippen molar-refractivity contribution >= 4 is 79.9 Å². The molecular weight excluding hydrogens is 857 g/mol. The van der Waals surface area contributed by atoms with Crippen molar-refractivity contribution in [2.75, 3.05) is 54.9 Å². The van der Waals surface area contributed by atoms with Crippen molar-refractivity contribution in [3.63, 3.8) is 0 Å². The number of allylic oxidation sites excluding steroid dienone is 4. The van der Waals surface area contributed by atoms with Crippen LogP contribution in [0.4, 0.5) is 0 Å². The second kappa shape index (κ2) is 28.9. The number of H-pyrrole nitrogens is 2. The number of carboxylic acid groups (broad SMARTS) is 2. The second-order valence-electron chi connectivity index (χ2n) is 14.8. The monoisotopic (exact) mass is 922 g/mol. The lowest BCUT2D eigenvalue weighted by atomic mass is 10.00. The summed E-state index contributed by atoms with van der Waals surface area (Å²) in [6.45, 7) is 12.6. The Balaban J connectivity index is 0.000000742. The molecule has 0 aromatic carbocycles. The Kier molecular flexibility index (Phi) is 25.1. The van der Waals surface area contributed by atoms with Crippen LogP contribution < -0.4 is 22.9 Å². The average Bonchev–Trinajstić information content (AvgIpc) is 3.89. The summed E-state index contributed by atoms with van der Waals surface area (Å²) in [7, 11) is 5.69. The Morgan fingerprint density at radius 2 is 0.833 bits per heavy atom. The number of aryl methyl sites for hydroxylation is 4. The summed E-state index contributed by atoms with van der Waals surface area (Å²) < 4.78 is 17.3. The highest BCUT2D eigenvalue weighted by Crippen LogP contribution is 2.37. The van der Waals surface area contributed by atoms with Crippen LogP contribution in [0.2, 0.25) is 0 Å². The summed E-state index contributed by atoms with van der Waals surface area (Å²) >= 11 is 0. The van der Waals surface area contributed by atoms with E-state index in [4.69, 9.17) is 9.97 Å². The number of ether oxygens (including phenoxy) is 4. The lowest BCUT2D eigenvalue weighted by Gasteiger charge is -2.03.